The van der Waals surface area contributed by atoms with Gasteiger partial charge in [0.2, 0.25) is 5.91 Å². The second-order valence-corrected chi connectivity index (χ2v) is 2.63. The number of carbonyl (C=O) groups excluding carboxylic acids is 2. The van der Waals surface area contributed by atoms with Gasteiger partial charge in [0.15, 0.2) is 5.78 Å². The highest BCUT2D eigenvalue weighted by molar-refractivity contribution is 5.96. The molecule has 0 aromatic heterocycles. The SMILES string of the molecule is CC(=O)C(=C\N(C)C(C)=O)/C=C/N. The average Bonchev–Trinajstić information content (AvgIpc) is 2.03. The fourth-order valence-electron chi connectivity index (χ4n) is 0.654. The van der Waals surface area contributed by atoms with Crippen LogP contribution in [0.4, 0.5) is 0 Å². The molecule has 0 atom stereocenters. The fraction of sp³-hybridized carbons (Fsp3) is 0.333. The summed E-state index contributed by atoms with van der Waals surface area (Å²) in [5, 5.41) is 0. The molecule has 4 nitrogen and oxygen atoms in total. The number of nitrogens with zero attached hydrogens (tertiary/aromatic N) is 1. The third kappa shape index (κ3) is 4.10. The number of amides is 1. The van der Waals surface area contributed by atoms with Gasteiger partial charge in [-0.15, -0.1) is 0 Å². The highest BCUT2D eigenvalue weighted by Crippen LogP contribution is 2.00. The van der Waals surface area contributed by atoms with Crippen LogP contribution in [-0.4, -0.2) is 23.6 Å². The summed E-state index contributed by atoms with van der Waals surface area (Å²) in [5.41, 5.74) is 5.54. The zero-order valence-electron chi connectivity index (χ0n) is 8.07. The molecule has 2 N–H and O–H groups in total. The third-order valence-electron chi connectivity index (χ3n) is 1.51. The molecule has 4 heteroatoms. The van der Waals surface area contributed by atoms with Gasteiger partial charge < -0.3 is 10.6 Å². The van der Waals surface area contributed by atoms with Gasteiger partial charge in [0.25, 0.3) is 0 Å². The summed E-state index contributed by atoms with van der Waals surface area (Å²) >= 11 is 0. The molecule has 0 heterocycles. The maximum Gasteiger partial charge on any atom is 0.223 e. The first-order chi connectivity index (χ1) is 5.99. The number of hydrogen-bond acceptors (Lipinski definition) is 3. The first-order valence-electron chi connectivity index (χ1n) is 3.83. The van der Waals surface area contributed by atoms with Crippen molar-refractivity contribution in [3.63, 3.8) is 0 Å². The highest BCUT2D eigenvalue weighted by Gasteiger charge is 2.03. The van der Waals surface area contributed by atoms with Crippen LogP contribution in [0, 0.1) is 0 Å². The van der Waals surface area contributed by atoms with E-state index in [0.29, 0.717) is 5.57 Å². The van der Waals surface area contributed by atoms with Gasteiger partial charge in [-0.05, 0) is 19.2 Å². The van der Waals surface area contributed by atoms with E-state index in [4.69, 9.17) is 5.73 Å². The van der Waals surface area contributed by atoms with Gasteiger partial charge in [-0.2, -0.15) is 0 Å². The van der Waals surface area contributed by atoms with Crippen LogP contribution < -0.4 is 5.73 Å². The van der Waals surface area contributed by atoms with Gasteiger partial charge in [0.05, 0.1) is 0 Å². The second kappa shape index (κ2) is 5.13. The summed E-state index contributed by atoms with van der Waals surface area (Å²) < 4.78 is 0. The molecule has 0 aliphatic rings. The minimum absolute atomic E-state index is 0.130. The topological polar surface area (TPSA) is 63.4 Å². The molecule has 0 unspecified atom stereocenters. The number of hydrogen-bond donors (Lipinski definition) is 1. The smallest absolute Gasteiger partial charge is 0.223 e. The Kier molecular flexibility index (Phi) is 4.51. The maximum absolute atomic E-state index is 11.0. The summed E-state index contributed by atoms with van der Waals surface area (Å²) in [7, 11) is 1.58. The molecule has 0 bridgehead atoms. The lowest BCUT2D eigenvalue weighted by Crippen LogP contribution is -2.18. The van der Waals surface area contributed by atoms with Crippen LogP contribution in [0.15, 0.2) is 24.0 Å². The van der Waals surface area contributed by atoms with Crippen molar-refractivity contribution in [3.05, 3.63) is 24.0 Å². The van der Waals surface area contributed by atoms with E-state index >= 15 is 0 Å². The number of allylic oxidation sites excluding steroid dienone is 2. The van der Waals surface area contributed by atoms with E-state index in [-0.39, 0.29) is 11.7 Å². The van der Waals surface area contributed by atoms with Crippen LogP contribution in [0.25, 0.3) is 0 Å². The van der Waals surface area contributed by atoms with Gasteiger partial charge >= 0.3 is 0 Å². The van der Waals surface area contributed by atoms with E-state index in [9.17, 15) is 9.59 Å². The predicted octanol–water partition coefficient (Wildman–Crippen LogP) is 0.410. The van der Waals surface area contributed by atoms with Crippen LogP contribution in [0.5, 0.6) is 0 Å². The average molecular weight is 182 g/mol. The van der Waals surface area contributed by atoms with E-state index < -0.39 is 0 Å². The van der Waals surface area contributed by atoms with Crippen molar-refractivity contribution < 1.29 is 9.59 Å². The molecule has 0 aromatic carbocycles. The lowest BCUT2D eigenvalue weighted by molar-refractivity contribution is -0.125. The van der Waals surface area contributed by atoms with E-state index in [2.05, 4.69) is 0 Å². The van der Waals surface area contributed by atoms with Crippen molar-refractivity contribution in [1.82, 2.24) is 4.90 Å². The monoisotopic (exact) mass is 182 g/mol. The Bertz CT molecular complexity index is 267. The number of carbonyl (C=O) groups is 2. The van der Waals surface area contributed by atoms with Gasteiger partial charge in [-0.3, -0.25) is 9.59 Å². The van der Waals surface area contributed by atoms with E-state index in [1.807, 2.05) is 0 Å². The summed E-state index contributed by atoms with van der Waals surface area (Å²) in [5.74, 6) is -0.265. The van der Waals surface area contributed by atoms with Gasteiger partial charge in [-0.25, -0.2) is 0 Å². The summed E-state index contributed by atoms with van der Waals surface area (Å²) in [4.78, 5) is 23.1. The van der Waals surface area contributed by atoms with Gasteiger partial charge in [0, 0.05) is 25.7 Å². The number of Topliss-reactive ketones (excluding diaryl/α,β-unsaturated/α-hetero) is 1. The predicted molar refractivity (Wildman–Crippen MR) is 50.5 cm³/mol. The molecule has 0 saturated heterocycles. The Hall–Kier alpha value is -1.58. The second-order valence-electron chi connectivity index (χ2n) is 2.63. The molecule has 0 saturated carbocycles. The van der Waals surface area contributed by atoms with E-state index in [1.165, 1.54) is 37.2 Å². The van der Waals surface area contributed by atoms with Crippen molar-refractivity contribution >= 4 is 11.7 Å². The molecule has 0 aromatic rings. The Morgan fingerprint density at radius 1 is 1.31 bits per heavy atom. The molecule has 0 radical (unpaired) electrons. The molecular weight excluding hydrogens is 168 g/mol. The lowest BCUT2D eigenvalue weighted by atomic mass is 10.2. The van der Waals surface area contributed by atoms with Crippen LogP contribution in [0.3, 0.4) is 0 Å². The molecule has 72 valence electrons. The van der Waals surface area contributed by atoms with Crippen LogP contribution in [0.1, 0.15) is 13.8 Å². The van der Waals surface area contributed by atoms with Crippen molar-refractivity contribution in [1.29, 1.82) is 0 Å². The van der Waals surface area contributed by atoms with Crippen LogP contribution >= 0.6 is 0 Å². The quantitative estimate of drug-likeness (QED) is 0.508. The number of nitrogens with two attached hydrogens (primary N) is 1. The zero-order valence-corrected chi connectivity index (χ0v) is 8.07. The zero-order chi connectivity index (χ0) is 10.4. The van der Waals surface area contributed by atoms with Gasteiger partial charge in [0.1, 0.15) is 0 Å². The van der Waals surface area contributed by atoms with Crippen molar-refractivity contribution in [2.24, 2.45) is 5.73 Å². The molecule has 0 aliphatic carbocycles. The minimum atomic E-state index is -0.135. The van der Waals surface area contributed by atoms with Gasteiger partial charge in [-0.1, -0.05) is 0 Å². The van der Waals surface area contributed by atoms with E-state index in [1.54, 1.807) is 7.05 Å². The normalized spacial score (nSPS) is 11.8. The molecule has 0 fully saturated rings. The lowest BCUT2D eigenvalue weighted by Gasteiger charge is -2.09. The Morgan fingerprint density at radius 2 is 1.85 bits per heavy atom. The van der Waals surface area contributed by atoms with Crippen LogP contribution in [-0.2, 0) is 9.59 Å². The Morgan fingerprint density at radius 3 is 2.15 bits per heavy atom. The van der Waals surface area contributed by atoms with Crippen molar-refractivity contribution in [3.8, 4) is 0 Å². The first-order valence-corrected chi connectivity index (χ1v) is 3.83. The van der Waals surface area contributed by atoms with Crippen molar-refractivity contribution in [2.45, 2.75) is 13.8 Å². The number of ketones is 1. The molecule has 0 aliphatic heterocycles. The maximum atomic E-state index is 11.0. The summed E-state index contributed by atoms with van der Waals surface area (Å²) in [6, 6.07) is 0. The fourth-order valence-corrected chi connectivity index (χ4v) is 0.654. The first kappa shape index (κ1) is 11.4. The van der Waals surface area contributed by atoms with Crippen LogP contribution in [0.2, 0.25) is 0 Å². The highest BCUT2D eigenvalue weighted by atomic mass is 16.2. The Labute approximate surface area is 77.7 Å². The van der Waals surface area contributed by atoms with Crippen molar-refractivity contribution in [2.75, 3.05) is 7.05 Å². The number of rotatable bonds is 3. The largest absolute Gasteiger partial charge is 0.405 e. The Balaban J connectivity index is 4.72. The standard InChI is InChI=1S/C9H14N2O2/c1-7(12)9(4-5-10)6-11(3)8(2)13/h4-6H,10H2,1-3H3/b5-4+,9-6-. The molecule has 0 spiro atoms. The molecule has 0 rings (SSSR count). The summed E-state index contributed by atoms with van der Waals surface area (Å²) in [6.45, 7) is 2.83. The molecule has 13 heavy (non-hydrogen) atoms. The molecular formula is C9H14N2O2. The third-order valence-corrected chi connectivity index (χ3v) is 1.51. The minimum Gasteiger partial charge on any atom is -0.405 e. The summed E-state index contributed by atoms with van der Waals surface area (Å²) in [6.07, 6.45) is 4.18. The molecule has 1 amide bonds. The van der Waals surface area contributed by atoms with E-state index in [0.717, 1.165) is 0 Å².